The van der Waals surface area contributed by atoms with Crippen LogP contribution < -0.4 is 10.1 Å². The van der Waals surface area contributed by atoms with Crippen LogP contribution in [-0.4, -0.2) is 22.5 Å². The number of nitrogens with one attached hydrogen (secondary N) is 1. The first kappa shape index (κ1) is 18.0. The lowest BCUT2D eigenvalue weighted by atomic mass is 10.2. The molecule has 0 atom stereocenters. The number of hydrogen-bond donors (Lipinski definition) is 2. The van der Waals surface area contributed by atoms with Gasteiger partial charge in [0, 0.05) is 18.2 Å². The van der Waals surface area contributed by atoms with Crippen LogP contribution in [0.25, 0.3) is 6.08 Å². The van der Waals surface area contributed by atoms with Gasteiger partial charge in [0.05, 0.1) is 17.2 Å². The zero-order valence-electron chi connectivity index (χ0n) is 13.6. The van der Waals surface area contributed by atoms with Gasteiger partial charge in [-0.1, -0.05) is 19.1 Å². The van der Waals surface area contributed by atoms with E-state index in [1.54, 1.807) is 30.3 Å². The zero-order chi connectivity index (χ0) is 18.2. The van der Waals surface area contributed by atoms with Crippen LogP contribution in [-0.2, 0) is 4.79 Å². The second-order valence-corrected chi connectivity index (χ2v) is 5.20. The summed E-state index contributed by atoms with van der Waals surface area (Å²) in [6.45, 7) is 2.67. The first-order valence-electron chi connectivity index (χ1n) is 7.69. The third-order valence-corrected chi connectivity index (χ3v) is 3.23. The van der Waals surface area contributed by atoms with Gasteiger partial charge in [-0.05, 0) is 36.3 Å². The molecule has 2 N–H and O–H groups in total. The second-order valence-electron chi connectivity index (χ2n) is 5.20. The summed E-state index contributed by atoms with van der Waals surface area (Å²) in [6, 6.07) is 10.6. The molecular weight excluding hydrogens is 324 g/mol. The molecule has 0 saturated carbocycles. The molecule has 0 aliphatic heterocycles. The number of hydrogen-bond acceptors (Lipinski definition) is 5. The SMILES string of the molecule is CCCOc1ccc(/C=C/C(=O)Nc2cc([N+](=O)[O-])ccc2O)cc1. The van der Waals surface area contributed by atoms with E-state index in [2.05, 4.69) is 5.32 Å². The Morgan fingerprint density at radius 2 is 2.00 bits per heavy atom. The normalized spacial score (nSPS) is 10.6. The molecule has 2 aromatic rings. The first-order valence-corrected chi connectivity index (χ1v) is 7.69. The van der Waals surface area contributed by atoms with E-state index >= 15 is 0 Å². The fraction of sp³-hybridized carbons (Fsp3) is 0.167. The summed E-state index contributed by atoms with van der Waals surface area (Å²) in [6.07, 6.45) is 3.79. The number of amides is 1. The van der Waals surface area contributed by atoms with Crippen LogP contribution >= 0.6 is 0 Å². The van der Waals surface area contributed by atoms with Crippen LogP contribution in [0.1, 0.15) is 18.9 Å². The molecule has 0 aromatic heterocycles. The van der Waals surface area contributed by atoms with Crippen molar-refractivity contribution in [3.05, 3.63) is 64.2 Å². The van der Waals surface area contributed by atoms with Crippen LogP contribution in [0.3, 0.4) is 0 Å². The summed E-state index contributed by atoms with van der Waals surface area (Å²) < 4.78 is 5.47. The van der Waals surface area contributed by atoms with Crippen molar-refractivity contribution < 1.29 is 19.6 Å². The summed E-state index contributed by atoms with van der Waals surface area (Å²) in [5.41, 5.74) is 0.550. The molecule has 7 heteroatoms. The van der Waals surface area contributed by atoms with E-state index in [1.165, 1.54) is 6.08 Å². The molecule has 0 bridgehead atoms. The Morgan fingerprint density at radius 1 is 1.28 bits per heavy atom. The molecule has 25 heavy (non-hydrogen) atoms. The number of nitro groups is 1. The lowest BCUT2D eigenvalue weighted by Crippen LogP contribution is -2.08. The summed E-state index contributed by atoms with van der Waals surface area (Å²) in [4.78, 5) is 22.1. The zero-order valence-corrected chi connectivity index (χ0v) is 13.6. The minimum atomic E-state index is -0.604. The lowest BCUT2D eigenvalue weighted by molar-refractivity contribution is -0.384. The Kier molecular flexibility index (Phi) is 6.11. The highest BCUT2D eigenvalue weighted by Crippen LogP contribution is 2.27. The van der Waals surface area contributed by atoms with E-state index in [-0.39, 0.29) is 17.1 Å². The monoisotopic (exact) mass is 342 g/mol. The van der Waals surface area contributed by atoms with Crippen molar-refractivity contribution in [3.8, 4) is 11.5 Å². The van der Waals surface area contributed by atoms with Gasteiger partial charge in [0.2, 0.25) is 5.91 Å². The highest BCUT2D eigenvalue weighted by Gasteiger charge is 2.11. The number of nitro benzene ring substituents is 1. The van der Waals surface area contributed by atoms with E-state index in [1.807, 2.05) is 6.92 Å². The van der Waals surface area contributed by atoms with E-state index < -0.39 is 10.8 Å². The number of anilines is 1. The van der Waals surface area contributed by atoms with Crippen molar-refractivity contribution in [1.29, 1.82) is 0 Å². The predicted molar refractivity (Wildman–Crippen MR) is 94.7 cm³/mol. The fourth-order valence-electron chi connectivity index (χ4n) is 1.98. The highest BCUT2D eigenvalue weighted by atomic mass is 16.6. The number of phenols is 1. The molecule has 7 nitrogen and oxygen atoms in total. The van der Waals surface area contributed by atoms with Gasteiger partial charge in [0.15, 0.2) is 0 Å². The molecule has 0 fully saturated rings. The Bertz CT molecular complexity index is 785. The number of nitrogens with zero attached hydrogens (tertiary/aromatic N) is 1. The average molecular weight is 342 g/mol. The summed E-state index contributed by atoms with van der Waals surface area (Å²) in [5, 5.41) is 22.8. The van der Waals surface area contributed by atoms with Gasteiger partial charge in [0.25, 0.3) is 5.69 Å². The van der Waals surface area contributed by atoms with Crippen LogP contribution in [0.4, 0.5) is 11.4 Å². The van der Waals surface area contributed by atoms with E-state index in [4.69, 9.17) is 4.74 Å². The van der Waals surface area contributed by atoms with Gasteiger partial charge >= 0.3 is 0 Å². The molecule has 0 heterocycles. The Balaban J connectivity index is 2.01. The number of rotatable bonds is 7. The quantitative estimate of drug-likeness (QED) is 0.345. The molecule has 1 amide bonds. The maximum Gasteiger partial charge on any atom is 0.271 e. The van der Waals surface area contributed by atoms with Crippen LogP contribution in [0.5, 0.6) is 11.5 Å². The fourth-order valence-corrected chi connectivity index (χ4v) is 1.98. The maximum atomic E-state index is 11.9. The van der Waals surface area contributed by atoms with E-state index in [0.29, 0.717) is 6.61 Å². The number of benzene rings is 2. The molecule has 0 aliphatic rings. The van der Waals surface area contributed by atoms with Gasteiger partial charge in [-0.25, -0.2) is 0 Å². The maximum absolute atomic E-state index is 11.9. The number of carbonyl (C=O) groups is 1. The van der Waals surface area contributed by atoms with Crippen molar-refractivity contribution in [2.75, 3.05) is 11.9 Å². The molecule has 0 aliphatic carbocycles. The third-order valence-electron chi connectivity index (χ3n) is 3.23. The van der Waals surface area contributed by atoms with Crippen molar-refractivity contribution in [1.82, 2.24) is 0 Å². The Hall–Kier alpha value is -3.35. The van der Waals surface area contributed by atoms with Gasteiger partial charge < -0.3 is 15.2 Å². The largest absolute Gasteiger partial charge is 0.506 e. The number of carbonyl (C=O) groups excluding carboxylic acids is 1. The first-order chi connectivity index (χ1) is 12.0. The summed E-state index contributed by atoms with van der Waals surface area (Å²) in [7, 11) is 0. The van der Waals surface area contributed by atoms with Crippen LogP contribution in [0.15, 0.2) is 48.5 Å². The number of non-ortho nitro benzene ring substituents is 1. The Labute approximate surface area is 144 Å². The molecule has 0 radical (unpaired) electrons. The standard InChI is InChI=1S/C18H18N2O5/c1-2-11-25-15-7-3-13(4-8-15)5-10-18(22)19-16-12-14(20(23)24)6-9-17(16)21/h3-10,12,21H,2,11H2,1H3,(H,19,22)/b10-5+. The molecular formula is C18H18N2O5. The lowest BCUT2D eigenvalue weighted by Gasteiger charge is -2.05. The molecule has 0 unspecified atom stereocenters. The predicted octanol–water partition coefficient (Wildman–Crippen LogP) is 3.74. The van der Waals surface area contributed by atoms with Gasteiger partial charge in [-0.2, -0.15) is 0 Å². The Morgan fingerprint density at radius 3 is 2.64 bits per heavy atom. The van der Waals surface area contributed by atoms with Gasteiger partial charge in [0.1, 0.15) is 11.5 Å². The highest BCUT2D eigenvalue weighted by molar-refractivity contribution is 6.02. The van der Waals surface area contributed by atoms with E-state index in [9.17, 15) is 20.0 Å². The average Bonchev–Trinajstić information content (AvgIpc) is 2.60. The molecule has 2 rings (SSSR count). The topological polar surface area (TPSA) is 102 Å². The van der Waals surface area contributed by atoms with Crippen LogP contribution in [0.2, 0.25) is 0 Å². The molecule has 130 valence electrons. The minimum absolute atomic E-state index is 0.0211. The third kappa shape index (κ3) is 5.35. The van der Waals surface area contributed by atoms with Gasteiger partial charge in [-0.3, -0.25) is 14.9 Å². The summed E-state index contributed by atoms with van der Waals surface area (Å²) >= 11 is 0. The van der Waals surface area contributed by atoms with Crippen molar-refractivity contribution in [2.24, 2.45) is 0 Å². The van der Waals surface area contributed by atoms with Gasteiger partial charge in [-0.15, -0.1) is 0 Å². The smallest absolute Gasteiger partial charge is 0.271 e. The van der Waals surface area contributed by atoms with Crippen LogP contribution in [0, 0.1) is 10.1 Å². The number of aromatic hydroxyl groups is 1. The van der Waals surface area contributed by atoms with Crippen molar-refractivity contribution in [3.63, 3.8) is 0 Å². The summed E-state index contributed by atoms with van der Waals surface area (Å²) in [5.74, 6) is -0.00291. The van der Waals surface area contributed by atoms with Crippen molar-refractivity contribution in [2.45, 2.75) is 13.3 Å². The second kappa shape index (κ2) is 8.49. The number of phenolic OH excluding ortho intramolecular Hbond substituents is 1. The molecule has 0 saturated heterocycles. The minimum Gasteiger partial charge on any atom is -0.506 e. The number of ether oxygens (including phenoxy) is 1. The molecule has 2 aromatic carbocycles. The molecule has 0 spiro atoms. The van der Waals surface area contributed by atoms with E-state index in [0.717, 1.165) is 35.9 Å². The van der Waals surface area contributed by atoms with Crippen molar-refractivity contribution >= 4 is 23.4 Å².